The number of hydrogen-bond acceptors (Lipinski definition) is 2. The molecule has 1 N–H and O–H groups in total. The lowest BCUT2D eigenvalue weighted by Gasteiger charge is -2.02. The van der Waals surface area contributed by atoms with E-state index in [1.807, 2.05) is 6.07 Å². The molecule has 2 rings (SSSR count). The highest BCUT2D eigenvalue weighted by Crippen LogP contribution is 2.23. The second kappa shape index (κ2) is 4.45. The predicted molar refractivity (Wildman–Crippen MR) is 59.4 cm³/mol. The summed E-state index contributed by atoms with van der Waals surface area (Å²) in [4.78, 5) is 0. The van der Waals surface area contributed by atoms with Crippen molar-refractivity contribution < 1.29 is 9.50 Å². The average molecular weight is 220 g/mol. The molecule has 16 heavy (non-hydrogen) atoms. The van der Waals surface area contributed by atoms with Crippen LogP contribution in [0.5, 0.6) is 0 Å². The van der Waals surface area contributed by atoms with Crippen LogP contribution in [0.15, 0.2) is 30.6 Å². The number of hydrogen-bond donors (Lipinski definition) is 1. The van der Waals surface area contributed by atoms with Crippen LogP contribution in [-0.4, -0.2) is 21.5 Å². The summed E-state index contributed by atoms with van der Waals surface area (Å²) in [5.41, 5.74) is 1.89. The van der Waals surface area contributed by atoms with Crippen LogP contribution in [0.3, 0.4) is 0 Å². The van der Waals surface area contributed by atoms with Gasteiger partial charge < -0.3 is 5.11 Å². The van der Waals surface area contributed by atoms with Crippen LogP contribution in [0.4, 0.5) is 4.39 Å². The first-order valence-electron chi connectivity index (χ1n) is 5.11. The normalized spacial score (nSPS) is 10.7. The summed E-state index contributed by atoms with van der Waals surface area (Å²) in [6.07, 6.45) is 3.33. The van der Waals surface area contributed by atoms with Gasteiger partial charge in [0.15, 0.2) is 0 Å². The lowest BCUT2D eigenvalue weighted by Crippen LogP contribution is -2.01. The molecule has 0 saturated carbocycles. The summed E-state index contributed by atoms with van der Waals surface area (Å²) >= 11 is 0. The van der Waals surface area contributed by atoms with E-state index in [2.05, 4.69) is 5.10 Å². The van der Waals surface area contributed by atoms with E-state index in [0.717, 1.165) is 5.56 Å². The first-order valence-corrected chi connectivity index (χ1v) is 5.11. The summed E-state index contributed by atoms with van der Waals surface area (Å²) in [5.74, 6) is -0.217. The lowest BCUT2D eigenvalue weighted by molar-refractivity contribution is 0.269. The Morgan fingerprint density at radius 3 is 3.00 bits per heavy atom. The van der Waals surface area contributed by atoms with Crippen LogP contribution >= 0.6 is 0 Å². The summed E-state index contributed by atoms with van der Waals surface area (Å²) < 4.78 is 15.4. The van der Waals surface area contributed by atoms with Crippen molar-refractivity contribution >= 4 is 0 Å². The standard InChI is InChI=1S/C12H13FN2O/c1-9-3-2-4-11(12(9)13)10-7-14-15(8-10)5-6-16/h2-4,7-8,16H,5-6H2,1H3. The number of nitrogens with zero attached hydrogens (tertiary/aromatic N) is 2. The summed E-state index contributed by atoms with van der Waals surface area (Å²) in [7, 11) is 0. The van der Waals surface area contributed by atoms with Crippen LogP contribution in [0.25, 0.3) is 11.1 Å². The zero-order chi connectivity index (χ0) is 11.5. The Morgan fingerprint density at radius 2 is 2.25 bits per heavy atom. The van der Waals surface area contributed by atoms with Gasteiger partial charge in [0.2, 0.25) is 0 Å². The molecule has 0 spiro atoms. The lowest BCUT2D eigenvalue weighted by atomic mass is 10.1. The van der Waals surface area contributed by atoms with E-state index in [1.165, 1.54) is 0 Å². The molecular formula is C12H13FN2O. The number of aryl methyl sites for hydroxylation is 1. The number of halogens is 1. The quantitative estimate of drug-likeness (QED) is 0.859. The number of aliphatic hydroxyl groups is 1. The Bertz CT molecular complexity index is 494. The minimum Gasteiger partial charge on any atom is -0.394 e. The first-order chi connectivity index (χ1) is 7.72. The van der Waals surface area contributed by atoms with Gasteiger partial charge in [-0.25, -0.2) is 4.39 Å². The van der Waals surface area contributed by atoms with Crippen LogP contribution < -0.4 is 0 Å². The van der Waals surface area contributed by atoms with E-state index in [9.17, 15) is 4.39 Å². The van der Waals surface area contributed by atoms with Gasteiger partial charge in [-0.15, -0.1) is 0 Å². The molecule has 0 radical (unpaired) electrons. The van der Waals surface area contributed by atoms with Crippen molar-refractivity contribution in [3.05, 3.63) is 42.0 Å². The van der Waals surface area contributed by atoms with Crippen molar-refractivity contribution in [3.8, 4) is 11.1 Å². The highest BCUT2D eigenvalue weighted by Gasteiger charge is 2.08. The number of benzene rings is 1. The smallest absolute Gasteiger partial charge is 0.134 e. The fourth-order valence-electron chi connectivity index (χ4n) is 1.60. The summed E-state index contributed by atoms with van der Waals surface area (Å²) in [6.45, 7) is 2.18. The minimum atomic E-state index is -0.217. The molecule has 1 aromatic heterocycles. The van der Waals surface area contributed by atoms with Gasteiger partial charge in [-0.05, 0) is 12.5 Å². The molecule has 0 aliphatic carbocycles. The molecule has 1 aromatic carbocycles. The Labute approximate surface area is 93.2 Å². The average Bonchev–Trinajstić information content (AvgIpc) is 2.71. The zero-order valence-electron chi connectivity index (χ0n) is 9.02. The Balaban J connectivity index is 2.39. The van der Waals surface area contributed by atoms with E-state index in [4.69, 9.17) is 5.11 Å². The Hall–Kier alpha value is -1.68. The Morgan fingerprint density at radius 1 is 1.44 bits per heavy atom. The van der Waals surface area contributed by atoms with Gasteiger partial charge in [0.1, 0.15) is 5.82 Å². The molecule has 84 valence electrons. The molecule has 4 heteroatoms. The second-order valence-electron chi connectivity index (χ2n) is 3.65. The molecule has 0 bridgehead atoms. The second-order valence-corrected chi connectivity index (χ2v) is 3.65. The van der Waals surface area contributed by atoms with Gasteiger partial charge >= 0.3 is 0 Å². The van der Waals surface area contributed by atoms with Crippen LogP contribution in [0.1, 0.15) is 5.56 Å². The third-order valence-electron chi connectivity index (χ3n) is 2.47. The Kier molecular flexibility index (Phi) is 3.01. The molecular weight excluding hydrogens is 207 g/mol. The van der Waals surface area contributed by atoms with Gasteiger partial charge in [0.25, 0.3) is 0 Å². The molecule has 2 aromatic rings. The van der Waals surface area contributed by atoms with Crippen molar-refractivity contribution in [2.24, 2.45) is 0 Å². The van der Waals surface area contributed by atoms with E-state index in [1.54, 1.807) is 36.1 Å². The number of rotatable bonds is 3. The van der Waals surface area contributed by atoms with E-state index >= 15 is 0 Å². The van der Waals surface area contributed by atoms with Gasteiger partial charge in [-0.2, -0.15) is 5.10 Å². The van der Waals surface area contributed by atoms with Crippen LogP contribution in [0, 0.1) is 12.7 Å². The molecule has 0 saturated heterocycles. The van der Waals surface area contributed by atoms with Crippen molar-refractivity contribution in [1.29, 1.82) is 0 Å². The van der Waals surface area contributed by atoms with Crippen LogP contribution in [0.2, 0.25) is 0 Å². The van der Waals surface area contributed by atoms with Crippen molar-refractivity contribution in [2.75, 3.05) is 6.61 Å². The zero-order valence-corrected chi connectivity index (χ0v) is 9.02. The van der Waals surface area contributed by atoms with E-state index < -0.39 is 0 Å². The third-order valence-corrected chi connectivity index (χ3v) is 2.47. The summed E-state index contributed by atoms with van der Waals surface area (Å²) in [6, 6.07) is 5.27. The van der Waals surface area contributed by atoms with E-state index in [0.29, 0.717) is 17.7 Å². The number of aliphatic hydroxyl groups excluding tert-OH is 1. The van der Waals surface area contributed by atoms with Gasteiger partial charge in [0.05, 0.1) is 19.3 Å². The molecule has 3 nitrogen and oxygen atoms in total. The molecule has 0 fully saturated rings. The predicted octanol–water partition coefficient (Wildman–Crippen LogP) is 1.99. The highest BCUT2D eigenvalue weighted by molar-refractivity contribution is 5.63. The molecule has 0 unspecified atom stereocenters. The van der Waals surface area contributed by atoms with Gasteiger partial charge in [-0.1, -0.05) is 18.2 Å². The maximum Gasteiger partial charge on any atom is 0.134 e. The van der Waals surface area contributed by atoms with Crippen molar-refractivity contribution in [1.82, 2.24) is 9.78 Å². The summed E-state index contributed by atoms with van der Waals surface area (Å²) in [5, 5.41) is 12.8. The maximum atomic E-state index is 13.8. The minimum absolute atomic E-state index is 0.0252. The topological polar surface area (TPSA) is 38.0 Å². The fourth-order valence-corrected chi connectivity index (χ4v) is 1.60. The van der Waals surface area contributed by atoms with Crippen molar-refractivity contribution in [2.45, 2.75) is 13.5 Å². The third kappa shape index (κ3) is 1.97. The fraction of sp³-hybridized carbons (Fsp3) is 0.250. The van der Waals surface area contributed by atoms with Crippen molar-refractivity contribution in [3.63, 3.8) is 0 Å². The van der Waals surface area contributed by atoms with E-state index in [-0.39, 0.29) is 12.4 Å². The number of aromatic nitrogens is 2. The molecule has 0 aliphatic rings. The maximum absolute atomic E-state index is 13.8. The molecule has 0 amide bonds. The highest BCUT2D eigenvalue weighted by atomic mass is 19.1. The molecule has 0 aliphatic heterocycles. The molecule has 1 heterocycles. The van der Waals surface area contributed by atoms with Gasteiger partial charge in [-0.3, -0.25) is 4.68 Å². The first kappa shape index (κ1) is 10.8. The SMILES string of the molecule is Cc1cccc(-c2cnn(CCO)c2)c1F. The molecule has 0 atom stereocenters. The largest absolute Gasteiger partial charge is 0.394 e. The monoisotopic (exact) mass is 220 g/mol. The van der Waals surface area contributed by atoms with Crippen LogP contribution in [-0.2, 0) is 6.54 Å². The van der Waals surface area contributed by atoms with Gasteiger partial charge in [0, 0.05) is 17.3 Å².